The Bertz CT molecular complexity index is 669. The van der Waals surface area contributed by atoms with Gasteiger partial charge < -0.3 is 4.90 Å². The van der Waals surface area contributed by atoms with Crippen LogP contribution in [0.3, 0.4) is 0 Å². The van der Waals surface area contributed by atoms with Crippen LogP contribution in [-0.4, -0.2) is 17.4 Å². The Kier molecular flexibility index (Phi) is 3.68. The van der Waals surface area contributed by atoms with Crippen LogP contribution >= 0.6 is 23.2 Å². The Morgan fingerprint density at radius 3 is 2.75 bits per heavy atom. The van der Waals surface area contributed by atoms with E-state index in [0.717, 1.165) is 23.1 Å². The number of benzene rings is 2. The van der Waals surface area contributed by atoms with Crippen LogP contribution in [0.2, 0.25) is 10.0 Å². The van der Waals surface area contributed by atoms with Crippen molar-refractivity contribution in [1.82, 2.24) is 4.90 Å². The molecule has 0 fully saturated rings. The second kappa shape index (κ2) is 5.47. The van der Waals surface area contributed by atoms with Gasteiger partial charge in [-0.2, -0.15) is 0 Å². The third kappa shape index (κ3) is 2.54. The lowest BCUT2D eigenvalue weighted by molar-refractivity contribution is 0.0727. The summed E-state index contributed by atoms with van der Waals surface area (Å²) >= 11 is 12.2. The highest BCUT2D eigenvalue weighted by atomic mass is 35.5. The van der Waals surface area contributed by atoms with Crippen LogP contribution in [-0.2, 0) is 13.0 Å². The molecule has 1 amide bonds. The molecule has 1 heterocycles. The smallest absolute Gasteiger partial charge is 0.254 e. The lowest BCUT2D eigenvalue weighted by Crippen LogP contribution is -2.37. The molecule has 3 rings (SSSR count). The molecule has 4 heteroatoms. The third-order valence-electron chi connectivity index (χ3n) is 3.56. The first-order valence-electron chi connectivity index (χ1n) is 6.46. The maximum absolute atomic E-state index is 12.5. The van der Waals surface area contributed by atoms with E-state index in [4.69, 9.17) is 23.2 Å². The van der Waals surface area contributed by atoms with Gasteiger partial charge in [0.25, 0.3) is 5.91 Å². The zero-order valence-electron chi connectivity index (χ0n) is 10.8. The van der Waals surface area contributed by atoms with Crippen molar-refractivity contribution in [3.05, 3.63) is 69.2 Å². The number of rotatable bonds is 2. The molecular weight excluding hydrogens is 293 g/mol. The van der Waals surface area contributed by atoms with Gasteiger partial charge >= 0.3 is 0 Å². The Hall–Kier alpha value is -1.51. The molecule has 1 aliphatic heterocycles. The molecule has 2 nitrogen and oxygen atoms in total. The summed E-state index contributed by atoms with van der Waals surface area (Å²) in [5, 5.41) is 1.27. The fourth-order valence-corrected chi connectivity index (χ4v) is 2.87. The van der Waals surface area contributed by atoms with Crippen LogP contribution in [0.5, 0.6) is 0 Å². The molecule has 0 saturated carbocycles. The van der Waals surface area contributed by atoms with E-state index in [2.05, 4.69) is 0 Å². The molecule has 0 atom stereocenters. The second-order valence-corrected chi connectivity index (χ2v) is 5.71. The lowest BCUT2D eigenvalue weighted by Gasteiger charge is -2.29. The van der Waals surface area contributed by atoms with Gasteiger partial charge in [0.2, 0.25) is 0 Å². The van der Waals surface area contributed by atoms with Gasteiger partial charge in [0.15, 0.2) is 0 Å². The van der Waals surface area contributed by atoms with Crippen LogP contribution in [0.15, 0.2) is 42.5 Å². The minimum absolute atomic E-state index is 0.0582. The summed E-state index contributed by atoms with van der Waals surface area (Å²) in [4.78, 5) is 14.3. The Balaban J connectivity index is 1.86. The molecule has 2 aromatic carbocycles. The molecule has 0 bridgehead atoms. The van der Waals surface area contributed by atoms with Gasteiger partial charge in [-0.1, -0.05) is 41.4 Å². The van der Waals surface area contributed by atoms with Gasteiger partial charge in [0.1, 0.15) is 0 Å². The molecular formula is C16H13Cl2NO. The van der Waals surface area contributed by atoms with E-state index in [9.17, 15) is 4.79 Å². The second-order valence-electron chi connectivity index (χ2n) is 4.87. The van der Waals surface area contributed by atoms with Crippen LogP contribution in [0, 0.1) is 0 Å². The first-order valence-corrected chi connectivity index (χ1v) is 7.22. The molecule has 0 saturated heterocycles. The van der Waals surface area contributed by atoms with E-state index in [-0.39, 0.29) is 5.91 Å². The molecule has 1 aliphatic rings. The van der Waals surface area contributed by atoms with Crippen molar-refractivity contribution < 1.29 is 4.79 Å². The van der Waals surface area contributed by atoms with Crippen molar-refractivity contribution in [1.29, 1.82) is 0 Å². The lowest BCUT2D eigenvalue weighted by atomic mass is 9.99. The van der Waals surface area contributed by atoms with Crippen LogP contribution in [0.1, 0.15) is 21.5 Å². The topological polar surface area (TPSA) is 20.3 Å². The molecule has 0 aliphatic carbocycles. The van der Waals surface area contributed by atoms with Gasteiger partial charge in [0, 0.05) is 28.7 Å². The van der Waals surface area contributed by atoms with E-state index in [1.54, 1.807) is 12.1 Å². The summed E-state index contributed by atoms with van der Waals surface area (Å²) in [6, 6.07) is 13.1. The molecule has 0 aromatic heterocycles. The van der Waals surface area contributed by atoms with Crippen molar-refractivity contribution in [3.8, 4) is 0 Å². The van der Waals surface area contributed by atoms with Crippen molar-refractivity contribution in [2.75, 3.05) is 6.54 Å². The van der Waals surface area contributed by atoms with E-state index in [1.807, 2.05) is 35.2 Å². The van der Waals surface area contributed by atoms with Gasteiger partial charge in [-0.3, -0.25) is 4.79 Å². The molecule has 0 radical (unpaired) electrons. The molecule has 102 valence electrons. The van der Waals surface area contributed by atoms with E-state index in [1.165, 1.54) is 0 Å². The zero-order valence-corrected chi connectivity index (χ0v) is 12.3. The highest BCUT2D eigenvalue weighted by molar-refractivity contribution is 6.33. The minimum Gasteiger partial charge on any atom is -0.334 e. The maximum Gasteiger partial charge on any atom is 0.254 e. The molecule has 0 spiro atoms. The first kappa shape index (κ1) is 13.5. The highest BCUT2D eigenvalue weighted by Crippen LogP contribution is 2.25. The summed E-state index contributed by atoms with van der Waals surface area (Å²) in [6.07, 6.45) is 0.875. The van der Waals surface area contributed by atoms with Gasteiger partial charge in [-0.05, 0) is 41.8 Å². The van der Waals surface area contributed by atoms with Crippen LogP contribution in [0.4, 0.5) is 0 Å². The summed E-state index contributed by atoms with van der Waals surface area (Å²) < 4.78 is 0. The van der Waals surface area contributed by atoms with Gasteiger partial charge in [-0.25, -0.2) is 0 Å². The monoisotopic (exact) mass is 305 g/mol. The Labute approximate surface area is 127 Å². The largest absolute Gasteiger partial charge is 0.334 e. The number of halogens is 2. The SMILES string of the molecule is O=C1c2ccccc2CCN1Cc1cc(Cl)ccc1Cl. The van der Waals surface area contributed by atoms with Crippen LogP contribution in [0.25, 0.3) is 0 Å². The predicted molar refractivity (Wildman–Crippen MR) is 81.3 cm³/mol. The Morgan fingerprint density at radius 2 is 1.90 bits per heavy atom. The van der Waals surface area contributed by atoms with Gasteiger partial charge in [0.05, 0.1) is 0 Å². The predicted octanol–water partition coefficient (Wildman–Crippen LogP) is 4.19. The first-order chi connectivity index (χ1) is 9.65. The minimum atomic E-state index is 0.0582. The number of carbonyl (C=O) groups excluding carboxylic acids is 1. The number of amides is 1. The molecule has 0 N–H and O–H groups in total. The van der Waals surface area contributed by atoms with Gasteiger partial charge in [-0.15, -0.1) is 0 Å². The highest BCUT2D eigenvalue weighted by Gasteiger charge is 2.24. The van der Waals surface area contributed by atoms with Crippen molar-refractivity contribution in [2.24, 2.45) is 0 Å². The quantitative estimate of drug-likeness (QED) is 0.814. The fourth-order valence-electron chi connectivity index (χ4n) is 2.50. The summed E-state index contributed by atoms with van der Waals surface area (Å²) in [7, 11) is 0. The van der Waals surface area contributed by atoms with Crippen molar-refractivity contribution >= 4 is 29.1 Å². The number of fused-ring (bicyclic) bond motifs is 1. The van der Waals surface area contributed by atoms with Crippen molar-refractivity contribution in [3.63, 3.8) is 0 Å². The third-order valence-corrected chi connectivity index (χ3v) is 4.16. The average Bonchev–Trinajstić information content (AvgIpc) is 2.46. The summed E-state index contributed by atoms with van der Waals surface area (Å²) in [5.74, 6) is 0.0582. The maximum atomic E-state index is 12.5. The molecule has 0 unspecified atom stereocenters. The summed E-state index contributed by atoms with van der Waals surface area (Å²) in [5.41, 5.74) is 2.79. The number of hydrogen-bond donors (Lipinski definition) is 0. The van der Waals surface area contributed by atoms with Crippen LogP contribution < -0.4 is 0 Å². The van der Waals surface area contributed by atoms with Crippen molar-refractivity contribution in [2.45, 2.75) is 13.0 Å². The number of hydrogen-bond acceptors (Lipinski definition) is 1. The standard InChI is InChI=1S/C16H13Cl2NO/c17-13-5-6-15(18)12(9-13)10-19-8-7-11-3-1-2-4-14(11)16(19)20/h1-6,9H,7-8,10H2. The number of carbonyl (C=O) groups is 1. The number of nitrogens with zero attached hydrogens (tertiary/aromatic N) is 1. The zero-order chi connectivity index (χ0) is 14.1. The normalized spacial score (nSPS) is 14.3. The fraction of sp³-hybridized carbons (Fsp3) is 0.188. The average molecular weight is 306 g/mol. The summed E-state index contributed by atoms with van der Waals surface area (Å²) in [6.45, 7) is 1.20. The molecule has 2 aromatic rings. The van der Waals surface area contributed by atoms with E-state index >= 15 is 0 Å². The molecule has 20 heavy (non-hydrogen) atoms. The Morgan fingerprint density at radius 1 is 1.10 bits per heavy atom. The van der Waals surface area contributed by atoms with E-state index < -0.39 is 0 Å². The van der Waals surface area contributed by atoms with E-state index in [0.29, 0.717) is 23.1 Å².